The lowest BCUT2D eigenvalue weighted by molar-refractivity contribution is 0.884. The molecule has 66 valence electrons. The second kappa shape index (κ2) is 3.12. The van der Waals surface area contributed by atoms with Gasteiger partial charge in [-0.25, -0.2) is 0 Å². The maximum atomic E-state index is 2.30. The minimum Gasteiger partial charge on any atom is -0.0856 e. The molecular formula is C12H13P. The van der Waals surface area contributed by atoms with E-state index in [-0.39, 0.29) is 5.16 Å². The van der Waals surface area contributed by atoms with Gasteiger partial charge in [-0.1, -0.05) is 50.7 Å². The van der Waals surface area contributed by atoms with Crippen molar-refractivity contribution in [2.75, 3.05) is 0 Å². The van der Waals surface area contributed by atoms with E-state index < -0.39 is 0 Å². The summed E-state index contributed by atoms with van der Waals surface area (Å²) >= 11 is 0. The van der Waals surface area contributed by atoms with Crippen LogP contribution in [0.3, 0.4) is 0 Å². The molecule has 1 aromatic carbocycles. The minimum atomic E-state index is 0.214. The molecule has 1 aromatic rings. The average molecular weight is 188 g/mol. The quantitative estimate of drug-likeness (QED) is 0.590. The number of allylic oxidation sites excluding steroid dienone is 2. The molecule has 0 bridgehead atoms. The SMILES string of the molecule is CC1=PC(C)(c2ccccc2)C=C1. The summed E-state index contributed by atoms with van der Waals surface area (Å²) in [6, 6.07) is 10.7. The molecule has 0 saturated heterocycles. The lowest BCUT2D eigenvalue weighted by Crippen LogP contribution is -2.07. The van der Waals surface area contributed by atoms with Crippen molar-refractivity contribution >= 4 is 13.5 Å². The van der Waals surface area contributed by atoms with Crippen molar-refractivity contribution in [3.8, 4) is 0 Å². The Balaban J connectivity index is 2.43. The number of hydrogen-bond donors (Lipinski definition) is 0. The van der Waals surface area contributed by atoms with Crippen molar-refractivity contribution in [3.63, 3.8) is 0 Å². The van der Waals surface area contributed by atoms with E-state index in [1.54, 1.807) is 0 Å². The van der Waals surface area contributed by atoms with Crippen LogP contribution in [-0.2, 0) is 5.16 Å². The normalized spacial score (nSPS) is 27.4. The molecular weight excluding hydrogens is 175 g/mol. The molecule has 13 heavy (non-hydrogen) atoms. The van der Waals surface area contributed by atoms with Gasteiger partial charge in [-0.05, 0) is 24.7 Å². The van der Waals surface area contributed by atoms with Gasteiger partial charge in [-0.2, -0.15) is 0 Å². The van der Waals surface area contributed by atoms with E-state index in [1.807, 2.05) is 0 Å². The first-order valence-corrected chi connectivity index (χ1v) is 5.41. The molecule has 1 aliphatic rings. The van der Waals surface area contributed by atoms with E-state index in [4.69, 9.17) is 0 Å². The van der Waals surface area contributed by atoms with Crippen LogP contribution in [-0.4, -0.2) is 5.29 Å². The zero-order valence-electron chi connectivity index (χ0n) is 7.99. The van der Waals surface area contributed by atoms with E-state index >= 15 is 0 Å². The summed E-state index contributed by atoms with van der Waals surface area (Å²) in [6.07, 6.45) is 4.54. The van der Waals surface area contributed by atoms with Crippen LogP contribution in [0.25, 0.3) is 0 Å². The standard InChI is InChI=1S/C12H13P/c1-10-8-9-12(2,13-10)11-6-4-3-5-7-11/h3-9H,1-2H3. The van der Waals surface area contributed by atoms with Gasteiger partial charge in [0, 0.05) is 0 Å². The van der Waals surface area contributed by atoms with Gasteiger partial charge in [0.2, 0.25) is 0 Å². The van der Waals surface area contributed by atoms with E-state index in [0.29, 0.717) is 0 Å². The van der Waals surface area contributed by atoms with Crippen LogP contribution in [0.1, 0.15) is 19.4 Å². The highest BCUT2D eigenvalue weighted by Gasteiger charge is 2.24. The first-order chi connectivity index (χ1) is 6.21. The van der Waals surface area contributed by atoms with Gasteiger partial charge in [0.05, 0.1) is 5.16 Å². The molecule has 1 unspecified atom stereocenters. The zero-order valence-corrected chi connectivity index (χ0v) is 8.88. The minimum absolute atomic E-state index is 0.214. The summed E-state index contributed by atoms with van der Waals surface area (Å²) in [7, 11) is 1.42. The fraction of sp³-hybridized carbons (Fsp3) is 0.250. The largest absolute Gasteiger partial charge is 0.0856 e. The fourth-order valence-corrected chi connectivity index (χ4v) is 2.97. The van der Waals surface area contributed by atoms with E-state index in [1.165, 1.54) is 19.1 Å². The maximum Gasteiger partial charge on any atom is 0.0527 e. The second-order valence-electron chi connectivity index (χ2n) is 3.60. The molecule has 2 rings (SSSR count). The summed E-state index contributed by atoms with van der Waals surface area (Å²) in [5, 5.41) is 1.66. The van der Waals surface area contributed by atoms with Gasteiger partial charge in [-0.15, -0.1) is 0 Å². The molecule has 1 heterocycles. The van der Waals surface area contributed by atoms with Crippen LogP contribution in [0, 0.1) is 0 Å². The van der Waals surface area contributed by atoms with Gasteiger partial charge in [0.25, 0.3) is 0 Å². The monoisotopic (exact) mass is 188 g/mol. The molecule has 0 N–H and O–H groups in total. The van der Waals surface area contributed by atoms with Gasteiger partial charge < -0.3 is 0 Å². The first kappa shape index (κ1) is 8.72. The van der Waals surface area contributed by atoms with Gasteiger partial charge >= 0.3 is 0 Å². The van der Waals surface area contributed by atoms with Crippen molar-refractivity contribution < 1.29 is 0 Å². The summed E-state index contributed by atoms with van der Waals surface area (Å²) in [5.74, 6) is 0. The Morgan fingerprint density at radius 3 is 2.38 bits per heavy atom. The highest BCUT2D eigenvalue weighted by Crippen LogP contribution is 2.41. The molecule has 0 saturated carbocycles. The molecule has 0 amide bonds. The van der Waals surface area contributed by atoms with E-state index in [0.717, 1.165) is 0 Å². The molecule has 0 radical (unpaired) electrons. The maximum absolute atomic E-state index is 2.30. The summed E-state index contributed by atoms with van der Waals surface area (Å²) in [4.78, 5) is 0. The topological polar surface area (TPSA) is 0 Å². The van der Waals surface area contributed by atoms with Crippen LogP contribution in [0.15, 0.2) is 42.5 Å². The average Bonchev–Trinajstić information content (AvgIpc) is 2.49. The third-order valence-electron chi connectivity index (χ3n) is 2.42. The molecule has 1 atom stereocenters. The first-order valence-electron chi connectivity index (χ1n) is 4.52. The van der Waals surface area contributed by atoms with Crippen LogP contribution < -0.4 is 0 Å². The molecule has 1 heteroatoms. The Hall–Kier alpha value is -0.870. The lowest BCUT2D eigenvalue weighted by atomic mass is 10.00. The smallest absolute Gasteiger partial charge is 0.0527 e. The highest BCUT2D eigenvalue weighted by atomic mass is 31.1. The van der Waals surface area contributed by atoms with Gasteiger partial charge in [-0.3, -0.25) is 0 Å². The zero-order chi connectivity index (χ0) is 9.31. The predicted molar refractivity (Wildman–Crippen MR) is 60.5 cm³/mol. The Labute approximate surface area is 81.1 Å². The third kappa shape index (κ3) is 1.59. The Bertz CT molecular complexity index is 362. The number of benzene rings is 1. The Morgan fingerprint density at radius 2 is 1.85 bits per heavy atom. The van der Waals surface area contributed by atoms with Crippen molar-refractivity contribution in [1.82, 2.24) is 0 Å². The van der Waals surface area contributed by atoms with Crippen LogP contribution in [0.5, 0.6) is 0 Å². The van der Waals surface area contributed by atoms with Crippen LogP contribution in [0.2, 0.25) is 0 Å². The molecule has 0 spiro atoms. The second-order valence-corrected chi connectivity index (χ2v) is 5.46. The lowest BCUT2D eigenvalue weighted by Gasteiger charge is -2.18. The Kier molecular flexibility index (Phi) is 2.09. The fourth-order valence-electron chi connectivity index (χ4n) is 1.66. The van der Waals surface area contributed by atoms with Crippen LogP contribution in [0.4, 0.5) is 0 Å². The highest BCUT2D eigenvalue weighted by molar-refractivity contribution is 7.43. The summed E-state index contributed by atoms with van der Waals surface area (Å²) in [6.45, 7) is 4.48. The number of rotatable bonds is 1. The number of hydrogen-bond acceptors (Lipinski definition) is 0. The van der Waals surface area contributed by atoms with Crippen molar-refractivity contribution in [2.45, 2.75) is 19.0 Å². The van der Waals surface area contributed by atoms with Crippen molar-refractivity contribution in [2.24, 2.45) is 0 Å². The van der Waals surface area contributed by atoms with Crippen LogP contribution >= 0.6 is 8.20 Å². The molecule has 0 aliphatic carbocycles. The summed E-state index contributed by atoms with van der Waals surface area (Å²) in [5.41, 5.74) is 1.41. The summed E-state index contributed by atoms with van der Waals surface area (Å²) < 4.78 is 0. The van der Waals surface area contributed by atoms with Gasteiger partial charge in [0.1, 0.15) is 0 Å². The third-order valence-corrected chi connectivity index (χ3v) is 3.79. The predicted octanol–water partition coefficient (Wildman–Crippen LogP) is 3.61. The van der Waals surface area contributed by atoms with E-state index in [9.17, 15) is 0 Å². The molecule has 0 fully saturated rings. The molecule has 1 aliphatic heterocycles. The van der Waals surface area contributed by atoms with E-state index in [2.05, 4.69) is 56.3 Å². The molecule has 0 aromatic heterocycles. The molecule has 0 nitrogen and oxygen atoms in total. The van der Waals surface area contributed by atoms with Crippen molar-refractivity contribution in [3.05, 3.63) is 48.0 Å². The van der Waals surface area contributed by atoms with Crippen molar-refractivity contribution in [1.29, 1.82) is 0 Å². The van der Waals surface area contributed by atoms with Gasteiger partial charge in [0.15, 0.2) is 0 Å². The Morgan fingerprint density at radius 1 is 1.15 bits per heavy atom.